The van der Waals surface area contributed by atoms with Gasteiger partial charge in [0.15, 0.2) is 0 Å². The van der Waals surface area contributed by atoms with Gasteiger partial charge < -0.3 is 10.1 Å². The predicted molar refractivity (Wildman–Crippen MR) is 95.9 cm³/mol. The van der Waals surface area contributed by atoms with Crippen molar-refractivity contribution in [2.45, 2.75) is 12.8 Å². The van der Waals surface area contributed by atoms with Gasteiger partial charge in [-0.05, 0) is 53.9 Å². The Morgan fingerprint density at radius 3 is 2.76 bits per heavy atom. The first-order valence-corrected chi connectivity index (χ1v) is 9.94. The summed E-state index contributed by atoms with van der Waals surface area (Å²) in [6.45, 7) is 1.10. The maximum Gasteiger partial charge on any atom is 0.255 e. The topological polar surface area (TPSA) is 75.7 Å². The van der Waals surface area contributed by atoms with Crippen molar-refractivity contribution in [2.75, 3.05) is 29.0 Å². The number of amides is 1. The van der Waals surface area contributed by atoms with Gasteiger partial charge in [0.25, 0.3) is 5.91 Å². The molecule has 0 aromatic heterocycles. The molecule has 2 aliphatic rings. The molecule has 2 aliphatic heterocycles. The molecule has 2 heterocycles. The second-order valence-corrected chi connectivity index (χ2v) is 8.21. The molecule has 6 nitrogen and oxygen atoms in total. The van der Waals surface area contributed by atoms with E-state index in [1.165, 1.54) is 10.6 Å². The van der Waals surface area contributed by atoms with Gasteiger partial charge in [0.05, 0.1) is 18.6 Å². The molecule has 0 fully saturated rings. The van der Waals surface area contributed by atoms with Crippen LogP contribution in [0.25, 0.3) is 0 Å². The third-order valence-electron chi connectivity index (χ3n) is 4.54. The lowest BCUT2D eigenvalue weighted by Crippen LogP contribution is -2.27. The number of benzene rings is 2. The van der Waals surface area contributed by atoms with E-state index < -0.39 is 10.0 Å². The molecular weight excluding hydrogens is 340 g/mol. The molecule has 0 spiro atoms. The van der Waals surface area contributed by atoms with Crippen LogP contribution >= 0.6 is 0 Å². The third kappa shape index (κ3) is 2.95. The second kappa shape index (κ2) is 5.77. The molecule has 7 heteroatoms. The van der Waals surface area contributed by atoms with Gasteiger partial charge in [0, 0.05) is 24.2 Å². The molecule has 0 bridgehead atoms. The number of nitrogens with one attached hydrogen (secondary N) is 1. The van der Waals surface area contributed by atoms with E-state index in [-0.39, 0.29) is 5.91 Å². The van der Waals surface area contributed by atoms with Crippen LogP contribution in [0.15, 0.2) is 36.4 Å². The molecule has 0 saturated heterocycles. The van der Waals surface area contributed by atoms with Crippen molar-refractivity contribution in [3.8, 4) is 5.75 Å². The fraction of sp³-hybridized carbons (Fsp3) is 0.278. The minimum Gasteiger partial charge on any atom is -0.493 e. The zero-order chi connectivity index (χ0) is 17.6. The quantitative estimate of drug-likeness (QED) is 0.913. The van der Waals surface area contributed by atoms with Crippen molar-refractivity contribution >= 4 is 27.3 Å². The van der Waals surface area contributed by atoms with Crippen LogP contribution in [0.5, 0.6) is 5.75 Å². The van der Waals surface area contributed by atoms with Gasteiger partial charge in [-0.15, -0.1) is 0 Å². The van der Waals surface area contributed by atoms with Crippen molar-refractivity contribution in [1.82, 2.24) is 0 Å². The highest BCUT2D eigenvalue weighted by Gasteiger charge is 2.26. The van der Waals surface area contributed by atoms with E-state index in [0.717, 1.165) is 29.0 Å². The van der Waals surface area contributed by atoms with Crippen LogP contribution in [0.1, 0.15) is 21.5 Å². The number of nitrogens with zero attached hydrogens (tertiary/aromatic N) is 1. The molecule has 2 aromatic rings. The molecule has 130 valence electrons. The number of anilines is 2. The normalized spacial score (nSPS) is 15.5. The largest absolute Gasteiger partial charge is 0.493 e. The molecule has 1 N–H and O–H groups in total. The van der Waals surface area contributed by atoms with E-state index in [0.29, 0.717) is 30.8 Å². The van der Waals surface area contributed by atoms with Crippen molar-refractivity contribution in [1.29, 1.82) is 0 Å². The summed E-state index contributed by atoms with van der Waals surface area (Å²) >= 11 is 0. The summed E-state index contributed by atoms with van der Waals surface area (Å²) in [5.74, 6) is 0.663. The molecule has 0 aliphatic carbocycles. The molecule has 2 aromatic carbocycles. The number of fused-ring (bicyclic) bond motifs is 2. The standard InChI is InChI=1S/C18H18N2O4S/c1-25(22,23)20-8-6-12-10-14(2-4-16(12)20)18(21)19-15-3-5-17-13(11-15)7-9-24-17/h2-5,10-11H,6-9H2,1H3,(H,19,21). The van der Waals surface area contributed by atoms with Crippen LogP contribution in [-0.2, 0) is 22.9 Å². The van der Waals surface area contributed by atoms with Crippen LogP contribution in [0.3, 0.4) is 0 Å². The highest BCUT2D eigenvalue weighted by molar-refractivity contribution is 7.92. The van der Waals surface area contributed by atoms with Gasteiger partial charge in [-0.3, -0.25) is 9.10 Å². The monoisotopic (exact) mass is 358 g/mol. The van der Waals surface area contributed by atoms with E-state index in [2.05, 4.69) is 5.32 Å². The Labute approximate surface area is 146 Å². The minimum absolute atomic E-state index is 0.209. The Morgan fingerprint density at radius 1 is 1.12 bits per heavy atom. The summed E-state index contributed by atoms with van der Waals surface area (Å²) in [6, 6.07) is 10.7. The van der Waals surface area contributed by atoms with Crippen LogP contribution in [-0.4, -0.2) is 33.7 Å². The summed E-state index contributed by atoms with van der Waals surface area (Å²) in [5.41, 5.74) is 3.88. The van der Waals surface area contributed by atoms with E-state index in [4.69, 9.17) is 4.74 Å². The smallest absolute Gasteiger partial charge is 0.255 e. The first kappa shape index (κ1) is 16.0. The average Bonchev–Trinajstić information content (AvgIpc) is 3.19. The van der Waals surface area contributed by atoms with Gasteiger partial charge in [0.1, 0.15) is 5.75 Å². The first-order valence-electron chi connectivity index (χ1n) is 8.09. The lowest BCUT2D eigenvalue weighted by atomic mass is 10.1. The molecule has 0 saturated carbocycles. The van der Waals surface area contributed by atoms with E-state index >= 15 is 0 Å². The molecule has 25 heavy (non-hydrogen) atoms. The highest BCUT2D eigenvalue weighted by Crippen LogP contribution is 2.31. The summed E-state index contributed by atoms with van der Waals surface area (Å²) in [4.78, 5) is 12.5. The van der Waals surface area contributed by atoms with Gasteiger partial charge in [-0.2, -0.15) is 0 Å². The summed E-state index contributed by atoms with van der Waals surface area (Å²) < 4.78 is 30.4. The number of ether oxygens (including phenoxy) is 1. The number of carbonyl (C=O) groups excluding carboxylic acids is 1. The van der Waals surface area contributed by atoms with Gasteiger partial charge in [-0.25, -0.2) is 8.42 Å². The van der Waals surface area contributed by atoms with Crippen LogP contribution in [0, 0.1) is 0 Å². The SMILES string of the molecule is CS(=O)(=O)N1CCc2cc(C(=O)Nc3ccc4c(c3)CCO4)ccc21. The van der Waals surface area contributed by atoms with E-state index in [9.17, 15) is 13.2 Å². The van der Waals surface area contributed by atoms with Crippen molar-refractivity contribution < 1.29 is 17.9 Å². The highest BCUT2D eigenvalue weighted by atomic mass is 32.2. The van der Waals surface area contributed by atoms with Crippen LogP contribution < -0.4 is 14.4 Å². The zero-order valence-corrected chi connectivity index (χ0v) is 14.6. The van der Waals surface area contributed by atoms with Crippen LogP contribution in [0.4, 0.5) is 11.4 Å². The minimum atomic E-state index is -3.28. The number of carbonyl (C=O) groups is 1. The van der Waals surface area contributed by atoms with E-state index in [1.807, 2.05) is 18.2 Å². The second-order valence-electron chi connectivity index (χ2n) is 6.30. The molecule has 0 radical (unpaired) electrons. The average molecular weight is 358 g/mol. The van der Waals surface area contributed by atoms with Crippen molar-refractivity contribution in [3.63, 3.8) is 0 Å². The predicted octanol–water partition coefficient (Wildman–Crippen LogP) is 2.20. The Balaban J connectivity index is 1.56. The summed E-state index contributed by atoms with van der Waals surface area (Å²) in [6.07, 6.45) is 2.65. The Kier molecular flexibility index (Phi) is 3.68. The Morgan fingerprint density at radius 2 is 1.96 bits per heavy atom. The third-order valence-corrected chi connectivity index (χ3v) is 5.72. The number of rotatable bonds is 3. The molecule has 1 amide bonds. The van der Waals surface area contributed by atoms with Gasteiger partial charge in [-0.1, -0.05) is 0 Å². The number of hydrogen-bond acceptors (Lipinski definition) is 4. The Hall–Kier alpha value is -2.54. The Bertz CT molecular complexity index is 969. The van der Waals surface area contributed by atoms with Crippen LogP contribution in [0.2, 0.25) is 0 Å². The van der Waals surface area contributed by atoms with Gasteiger partial charge >= 0.3 is 0 Å². The molecular formula is C18H18N2O4S. The number of hydrogen-bond donors (Lipinski definition) is 1. The lowest BCUT2D eigenvalue weighted by molar-refractivity contribution is 0.102. The summed E-state index contributed by atoms with van der Waals surface area (Å²) in [5, 5.41) is 2.89. The fourth-order valence-corrected chi connectivity index (χ4v) is 4.28. The fourth-order valence-electron chi connectivity index (χ4n) is 3.32. The maximum atomic E-state index is 12.5. The lowest BCUT2D eigenvalue weighted by Gasteiger charge is -2.16. The zero-order valence-electron chi connectivity index (χ0n) is 13.8. The first-order chi connectivity index (χ1) is 11.9. The molecule has 0 unspecified atom stereocenters. The van der Waals surface area contributed by atoms with Crippen molar-refractivity contribution in [2.24, 2.45) is 0 Å². The van der Waals surface area contributed by atoms with E-state index in [1.54, 1.807) is 18.2 Å². The number of sulfonamides is 1. The maximum absolute atomic E-state index is 12.5. The molecule has 0 atom stereocenters. The van der Waals surface area contributed by atoms with Crippen molar-refractivity contribution in [3.05, 3.63) is 53.1 Å². The van der Waals surface area contributed by atoms with Gasteiger partial charge in [0.2, 0.25) is 10.0 Å². The molecule has 4 rings (SSSR count). The summed E-state index contributed by atoms with van der Waals surface area (Å²) in [7, 11) is -3.28.